The van der Waals surface area contributed by atoms with E-state index in [4.69, 9.17) is 34.8 Å². The highest BCUT2D eigenvalue weighted by Gasteiger charge is 2.12. The first kappa shape index (κ1) is 20.4. The molecule has 2 heterocycles. The van der Waals surface area contributed by atoms with Crippen LogP contribution in [0.4, 0.5) is 5.82 Å². The van der Waals surface area contributed by atoms with E-state index in [2.05, 4.69) is 38.1 Å². The Kier molecular flexibility index (Phi) is 6.67. The second-order valence-corrected chi connectivity index (χ2v) is 8.30. The van der Waals surface area contributed by atoms with Crippen molar-refractivity contribution >= 4 is 69.1 Å². The van der Waals surface area contributed by atoms with Gasteiger partial charge in [0.2, 0.25) is 5.91 Å². The molecule has 0 fully saturated rings. The van der Waals surface area contributed by atoms with Gasteiger partial charge in [0, 0.05) is 35.4 Å². The number of anilines is 1. The van der Waals surface area contributed by atoms with E-state index in [1.807, 2.05) is 19.2 Å². The lowest BCUT2D eigenvalue weighted by Crippen LogP contribution is -2.15. The first-order valence-corrected chi connectivity index (χ1v) is 10.2. The molecule has 0 spiro atoms. The molecule has 6 nitrogen and oxygen atoms in total. The van der Waals surface area contributed by atoms with Gasteiger partial charge in [0.15, 0.2) is 5.82 Å². The number of rotatable bonds is 6. The van der Waals surface area contributed by atoms with Gasteiger partial charge < -0.3 is 5.32 Å². The lowest BCUT2D eigenvalue weighted by Gasteiger charge is -2.05. The fraction of sp³-hybridized carbons (Fsp3) is 0.235. The summed E-state index contributed by atoms with van der Waals surface area (Å²) in [6, 6.07) is 5.26. The van der Waals surface area contributed by atoms with Gasteiger partial charge in [0.05, 0.1) is 15.8 Å². The van der Waals surface area contributed by atoms with Crippen LogP contribution in [-0.4, -0.2) is 25.5 Å². The molecule has 0 aliphatic carbocycles. The lowest BCUT2D eigenvalue weighted by molar-refractivity contribution is -0.116. The summed E-state index contributed by atoms with van der Waals surface area (Å²) in [7, 11) is 0. The van der Waals surface area contributed by atoms with Gasteiger partial charge in [0.25, 0.3) is 0 Å². The van der Waals surface area contributed by atoms with Crippen molar-refractivity contribution in [3.05, 3.63) is 60.5 Å². The summed E-state index contributed by atoms with van der Waals surface area (Å²) < 4.78 is 4.43. The van der Waals surface area contributed by atoms with Crippen LogP contribution in [0.1, 0.15) is 17.7 Å². The quantitative estimate of drug-likeness (QED) is 0.448. The molecule has 0 saturated carbocycles. The Labute approximate surface area is 184 Å². The average molecular weight is 539 g/mol. The minimum atomic E-state index is -0.185. The van der Waals surface area contributed by atoms with Crippen molar-refractivity contribution in [3.63, 3.8) is 0 Å². The zero-order valence-electron chi connectivity index (χ0n) is 14.2. The summed E-state index contributed by atoms with van der Waals surface area (Å²) in [5.74, 6) is 0.132. The van der Waals surface area contributed by atoms with E-state index in [0.717, 1.165) is 14.8 Å². The predicted octanol–water partition coefficient (Wildman–Crippen LogP) is 5.03. The topological polar surface area (TPSA) is 64.7 Å². The van der Waals surface area contributed by atoms with Gasteiger partial charge in [-0.05, 0) is 47.2 Å². The SMILES string of the molecule is Cc1nn(CCC(=O)Nc2nn(Cc3ccc(Cl)cc3Cl)cc2Cl)cc1I. The van der Waals surface area contributed by atoms with Crippen molar-refractivity contribution in [2.45, 2.75) is 26.4 Å². The largest absolute Gasteiger partial charge is 0.308 e. The molecule has 0 aliphatic rings. The lowest BCUT2D eigenvalue weighted by atomic mass is 10.2. The van der Waals surface area contributed by atoms with Crippen LogP contribution in [0.25, 0.3) is 0 Å². The van der Waals surface area contributed by atoms with E-state index in [9.17, 15) is 4.79 Å². The van der Waals surface area contributed by atoms with Gasteiger partial charge in [-0.3, -0.25) is 14.2 Å². The molecule has 1 N–H and O–H groups in total. The second-order valence-electron chi connectivity index (χ2n) is 5.88. The van der Waals surface area contributed by atoms with Crippen LogP contribution in [0.15, 0.2) is 30.6 Å². The number of halogens is 4. The maximum Gasteiger partial charge on any atom is 0.227 e. The number of carbonyl (C=O) groups is 1. The van der Waals surface area contributed by atoms with Gasteiger partial charge in [0.1, 0.15) is 5.02 Å². The molecule has 142 valence electrons. The number of aryl methyl sites for hydroxylation is 2. The normalized spacial score (nSPS) is 11.0. The Balaban J connectivity index is 1.61. The number of nitrogens with zero attached hydrogens (tertiary/aromatic N) is 4. The number of carbonyl (C=O) groups excluding carboxylic acids is 1. The Bertz CT molecular complexity index is 966. The van der Waals surface area contributed by atoms with Gasteiger partial charge in [-0.2, -0.15) is 10.2 Å². The summed E-state index contributed by atoms with van der Waals surface area (Å²) in [4.78, 5) is 12.2. The summed E-state index contributed by atoms with van der Waals surface area (Å²) >= 11 is 20.5. The molecule has 0 atom stereocenters. The van der Waals surface area contributed by atoms with Gasteiger partial charge in [-0.15, -0.1) is 0 Å². The Morgan fingerprint density at radius 2 is 1.93 bits per heavy atom. The van der Waals surface area contributed by atoms with Gasteiger partial charge in [-0.1, -0.05) is 40.9 Å². The number of amides is 1. The number of nitrogens with one attached hydrogen (secondary N) is 1. The standard InChI is InChI=1S/C17H15Cl3IN5O/c1-10-15(21)9-25(23-10)5-4-16(27)22-17-14(20)8-26(24-17)7-11-2-3-12(18)6-13(11)19/h2-3,6,8-9H,4-5,7H2,1H3,(H,22,24,27). The third kappa shape index (κ3) is 5.37. The van der Waals surface area contributed by atoms with Crippen molar-refractivity contribution < 1.29 is 4.79 Å². The highest BCUT2D eigenvalue weighted by atomic mass is 127. The van der Waals surface area contributed by atoms with E-state index >= 15 is 0 Å². The summed E-state index contributed by atoms with van der Waals surface area (Å²) in [6.07, 6.45) is 3.81. The molecule has 27 heavy (non-hydrogen) atoms. The molecular formula is C17H15Cl3IN5O. The maximum absolute atomic E-state index is 12.2. The average Bonchev–Trinajstić information content (AvgIpc) is 3.10. The first-order valence-electron chi connectivity index (χ1n) is 7.98. The Morgan fingerprint density at radius 1 is 1.15 bits per heavy atom. The minimum Gasteiger partial charge on any atom is -0.308 e. The van der Waals surface area contributed by atoms with Crippen LogP contribution in [0.5, 0.6) is 0 Å². The van der Waals surface area contributed by atoms with Crippen molar-refractivity contribution in [1.29, 1.82) is 0 Å². The third-order valence-electron chi connectivity index (χ3n) is 3.78. The van der Waals surface area contributed by atoms with Crippen LogP contribution in [0, 0.1) is 10.5 Å². The molecule has 1 aromatic carbocycles. The fourth-order valence-electron chi connectivity index (χ4n) is 2.41. The van der Waals surface area contributed by atoms with E-state index in [1.54, 1.807) is 27.7 Å². The molecule has 3 aromatic rings. The molecular weight excluding hydrogens is 523 g/mol. The highest BCUT2D eigenvalue weighted by Crippen LogP contribution is 2.24. The molecule has 0 radical (unpaired) electrons. The van der Waals surface area contributed by atoms with Crippen molar-refractivity contribution in [2.75, 3.05) is 5.32 Å². The number of benzene rings is 1. The number of hydrogen-bond donors (Lipinski definition) is 1. The minimum absolute atomic E-state index is 0.185. The highest BCUT2D eigenvalue weighted by molar-refractivity contribution is 14.1. The van der Waals surface area contributed by atoms with Crippen LogP contribution in [0.3, 0.4) is 0 Å². The molecule has 2 aromatic heterocycles. The van der Waals surface area contributed by atoms with Crippen LogP contribution in [0.2, 0.25) is 15.1 Å². The molecule has 0 aliphatic heterocycles. The molecule has 3 rings (SSSR count). The monoisotopic (exact) mass is 537 g/mol. The Hall–Kier alpha value is -1.29. The van der Waals surface area contributed by atoms with E-state index in [1.165, 1.54) is 0 Å². The van der Waals surface area contributed by atoms with Crippen LogP contribution in [-0.2, 0) is 17.9 Å². The zero-order chi connectivity index (χ0) is 19.6. The number of aromatic nitrogens is 4. The molecule has 1 amide bonds. The first-order chi connectivity index (χ1) is 12.8. The second kappa shape index (κ2) is 8.81. The van der Waals surface area contributed by atoms with E-state index in [-0.39, 0.29) is 12.3 Å². The van der Waals surface area contributed by atoms with Crippen LogP contribution >= 0.6 is 57.4 Å². The van der Waals surface area contributed by atoms with Crippen molar-refractivity contribution in [1.82, 2.24) is 19.6 Å². The third-order valence-corrected chi connectivity index (χ3v) is 5.70. The summed E-state index contributed by atoms with van der Waals surface area (Å²) in [5.41, 5.74) is 1.79. The van der Waals surface area contributed by atoms with E-state index in [0.29, 0.717) is 34.0 Å². The summed E-state index contributed by atoms with van der Waals surface area (Å²) in [5, 5.41) is 12.9. The van der Waals surface area contributed by atoms with E-state index < -0.39 is 0 Å². The fourth-order valence-corrected chi connectivity index (χ4v) is 3.50. The Morgan fingerprint density at radius 3 is 2.59 bits per heavy atom. The molecule has 0 saturated heterocycles. The molecule has 10 heteroatoms. The van der Waals surface area contributed by atoms with Crippen LogP contribution < -0.4 is 5.32 Å². The van der Waals surface area contributed by atoms with Gasteiger partial charge >= 0.3 is 0 Å². The van der Waals surface area contributed by atoms with Crippen molar-refractivity contribution in [2.24, 2.45) is 0 Å². The predicted molar refractivity (Wildman–Crippen MR) is 116 cm³/mol. The molecule has 0 bridgehead atoms. The zero-order valence-corrected chi connectivity index (χ0v) is 18.6. The summed E-state index contributed by atoms with van der Waals surface area (Å²) in [6.45, 7) is 2.82. The van der Waals surface area contributed by atoms with Gasteiger partial charge in [-0.25, -0.2) is 0 Å². The number of hydrogen-bond acceptors (Lipinski definition) is 3. The maximum atomic E-state index is 12.2. The van der Waals surface area contributed by atoms with Crippen molar-refractivity contribution in [3.8, 4) is 0 Å². The molecule has 0 unspecified atom stereocenters. The smallest absolute Gasteiger partial charge is 0.227 e.